The zero-order chi connectivity index (χ0) is 24.6. The maximum atomic E-state index is 13.7. The Morgan fingerprint density at radius 3 is 2.44 bits per heavy atom. The third-order valence-corrected chi connectivity index (χ3v) is 6.48. The molecule has 4 aromatic carbocycles. The van der Waals surface area contributed by atoms with Gasteiger partial charge in [0.15, 0.2) is 5.43 Å². The minimum absolute atomic E-state index is 0.0841. The summed E-state index contributed by atoms with van der Waals surface area (Å²) in [6.07, 6.45) is 0. The van der Waals surface area contributed by atoms with Crippen LogP contribution in [-0.4, -0.2) is 5.91 Å². The number of ether oxygens (including phenoxy) is 1. The molecule has 0 radical (unpaired) electrons. The zero-order valence-electron chi connectivity index (χ0n) is 19.7. The minimum atomic E-state index is -0.643. The molecule has 1 amide bonds. The van der Waals surface area contributed by atoms with E-state index in [0.29, 0.717) is 34.6 Å². The van der Waals surface area contributed by atoms with E-state index in [1.807, 2.05) is 85.8 Å². The number of benzene rings is 4. The highest BCUT2D eigenvalue weighted by atomic mass is 16.5. The Hall–Kier alpha value is -4.64. The highest BCUT2D eigenvalue weighted by molar-refractivity contribution is 6.10. The standard InChI is InChI=1S/C31H23NO4/c1-20-9-7-13-23(17-20)32-28(22-12-8-14-24(18-22)35-19-21-10-3-2-4-11-21)27-29(33)25-15-5-6-16-26(25)36-30(27)31(32)34/h2-18,28H,19H2,1H3. The van der Waals surface area contributed by atoms with E-state index in [-0.39, 0.29) is 17.1 Å². The van der Waals surface area contributed by atoms with E-state index in [1.54, 1.807) is 29.2 Å². The molecule has 1 aromatic heterocycles. The predicted molar refractivity (Wildman–Crippen MR) is 140 cm³/mol. The van der Waals surface area contributed by atoms with Gasteiger partial charge >= 0.3 is 0 Å². The van der Waals surface area contributed by atoms with Crippen LogP contribution in [0.2, 0.25) is 0 Å². The van der Waals surface area contributed by atoms with Gasteiger partial charge in [-0.2, -0.15) is 0 Å². The van der Waals surface area contributed by atoms with Crippen molar-refractivity contribution in [2.45, 2.75) is 19.6 Å². The van der Waals surface area contributed by atoms with Gasteiger partial charge in [-0.1, -0.05) is 66.7 Å². The first kappa shape index (κ1) is 21.9. The smallest absolute Gasteiger partial charge is 0.295 e. The molecule has 1 atom stereocenters. The third-order valence-electron chi connectivity index (χ3n) is 6.48. The molecule has 0 N–H and O–H groups in total. The van der Waals surface area contributed by atoms with Crippen molar-refractivity contribution in [3.8, 4) is 5.75 Å². The molecule has 5 aromatic rings. The van der Waals surface area contributed by atoms with E-state index in [9.17, 15) is 9.59 Å². The second-order valence-electron chi connectivity index (χ2n) is 8.93. The molecular weight excluding hydrogens is 450 g/mol. The van der Waals surface area contributed by atoms with E-state index in [2.05, 4.69) is 0 Å². The van der Waals surface area contributed by atoms with E-state index in [0.717, 1.165) is 16.7 Å². The van der Waals surface area contributed by atoms with Gasteiger partial charge in [0.25, 0.3) is 5.91 Å². The van der Waals surface area contributed by atoms with Crippen LogP contribution < -0.4 is 15.1 Å². The summed E-state index contributed by atoms with van der Waals surface area (Å²) in [5, 5.41) is 0.455. The van der Waals surface area contributed by atoms with Crippen LogP contribution in [-0.2, 0) is 6.61 Å². The van der Waals surface area contributed by atoms with Crippen molar-refractivity contribution in [3.05, 3.63) is 141 Å². The average Bonchev–Trinajstić information content (AvgIpc) is 3.21. The number of aryl methyl sites for hydroxylation is 1. The molecule has 5 heteroatoms. The molecule has 1 aliphatic rings. The molecule has 176 valence electrons. The molecule has 0 saturated carbocycles. The van der Waals surface area contributed by atoms with Crippen molar-refractivity contribution in [1.29, 1.82) is 0 Å². The van der Waals surface area contributed by atoms with Crippen molar-refractivity contribution in [3.63, 3.8) is 0 Å². The van der Waals surface area contributed by atoms with Crippen LogP contribution in [0.1, 0.15) is 38.9 Å². The molecular formula is C31H23NO4. The van der Waals surface area contributed by atoms with Gasteiger partial charge in [0, 0.05) is 5.69 Å². The number of rotatable bonds is 5. The Labute approximate surface area is 208 Å². The number of fused-ring (bicyclic) bond motifs is 2. The largest absolute Gasteiger partial charge is 0.489 e. The van der Waals surface area contributed by atoms with Gasteiger partial charge in [-0.3, -0.25) is 14.5 Å². The second-order valence-corrected chi connectivity index (χ2v) is 8.93. The van der Waals surface area contributed by atoms with E-state index >= 15 is 0 Å². The third kappa shape index (κ3) is 3.75. The van der Waals surface area contributed by atoms with Gasteiger partial charge in [0.2, 0.25) is 5.76 Å². The quantitative estimate of drug-likeness (QED) is 0.295. The fourth-order valence-electron chi connectivity index (χ4n) is 4.79. The Morgan fingerprint density at radius 1 is 0.833 bits per heavy atom. The van der Waals surface area contributed by atoms with Gasteiger partial charge < -0.3 is 9.15 Å². The van der Waals surface area contributed by atoms with Crippen LogP contribution in [0.25, 0.3) is 11.0 Å². The van der Waals surface area contributed by atoms with Crippen molar-refractivity contribution >= 4 is 22.6 Å². The summed E-state index contributed by atoms with van der Waals surface area (Å²) in [5.41, 5.74) is 4.10. The van der Waals surface area contributed by atoms with Gasteiger partial charge in [0.05, 0.1) is 17.0 Å². The van der Waals surface area contributed by atoms with Gasteiger partial charge in [-0.15, -0.1) is 0 Å². The maximum Gasteiger partial charge on any atom is 0.295 e. The Kier molecular flexibility index (Phi) is 5.38. The molecule has 0 saturated heterocycles. The lowest BCUT2D eigenvalue weighted by Gasteiger charge is -2.26. The zero-order valence-corrected chi connectivity index (χ0v) is 19.7. The topological polar surface area (TPSA) is 59.8 Å². The highest BCUT2D eigenvalue weighted by Gasteiger charge is 2.43. The molecule has 0 bridgehead atoms. The maximum absolute atomic E-state index is 13.7. The SMILES string of the molecule is Cc1cccc(N2C(=O)c3oc4ccccc4c(=O)c3C2c2cccc(OCc3ccccc3)c2)c1. The molecule has 0 aliphatic carbocycles. The molecule has 0 spiro atoms. The summed E-state index contributed by atoms with van der Waals surface area (Å²) >= 11 is 0. The van der Waals surface area contributed by atoms with Gasteiger partial charge in [-0.05, 0) is 60.0 Å². The van der Waals surface area contributed by atoms with E-state index in [4.69, 9.17) is 9.15 Å². The van der Waals surface area contributed by atoms with Crippen LogP contribution in [0.3, 0.4) is 0 Å². The number of carbonyl (C=O) groups excluding carboxylic acids is 1. The van der Waals surface area contributed by atoms with Gasteiger partial charge in [-0.25, -0.2) is 0 Å². The Bertz CT molecular complexity index is 1650. The first-order chi connectivity index (χ1) is 17.6. The predicted octanol–water partition coefficient (Wildman–Crippen LogP) is 6.43. The van der Waals surface area contributed by atoms with Crippen LogP contribution in [0.15, 0.2) is 112 Å². The molecule has 0 fully saturated rings. The molecule has 2 heterocycles. The summed E-state index contributed by atoms with van der Waals surface area (Å²) in [4.78, 5) is 29.1. The molecule has 1 unspecified atom stereocenters. The molecule has 6 rings (SSSR count). The number of amides is 1. The summed E-state index contributed by atoms with van der Waals surface area (Å²) in [6, 6.07) is 31.6. The number of hydrogen-bond donors (Lipinski definition) is 0. The lowest BCUT2D eigenvalue weighted by molar-refractivity contribution is 0.0971. The van der Waals surface area contributed by atoms with Gasteiger partial charge in [0.1, 0.15) is 17.9 Å². The summed E-state index contributed by atoms with van der Waals surface area (Å²) in [7, 11) is 0. The van der Waals surface area contributed by atoms with Crippen LogP contribution in [0, 0.1) is 6.92 Å². The summed E-state index contributed by atoms with van der Waals surface area (Å²) in [5.74, 6) is 0.409. The Morgan fingerprint density at radius 2 is 1.61 bits per heavy atom. The van der Waals surface area contributed by atoms with Crippen LogP contribution in [0.4, 0.5) is 5.69 Å². The molecule has 5 nitrogen and oxygen atoms in total. The highest BCUT2D eigenvalue weighted by Crippen LogP contribution is 2.42. The normalized spacial score (nSPS) is 14.8. The fraction of sp³-hybridized carbons (Fsp3) is 0.0968. The minimum Gasteiger partial charge on any atom is -0.489 e. The molecule has 36 heavy (non-hydrogen) atoms. The number of nitrogens with zero attached hydrogens (tertiary/aromatic N) is 1. The fourth-order valence-corrected chi connectivity index (χ4v) is 4.79. The first-order valence-electron chi connectivity index (χ1n) is 11.8. The number of carbonyl (C=O) groups is 1. The monoisotopic (exact) mass is 473 g/mol. The summed E-state index contributed by atoms with van der Waals surface area (Å²) in [6.45, 7) is 2.39. The van der Waals surface area contributed by atoms with Crippen molar-refractivity contribution < 1.29 is 13.9 Å². The van der Waals surface area contributed by atoms with Crippen molar-refractivity contribution in [2.24, 2.45) is 0 Å². The van der Waals surface area contributed by atoms with E-state index in [1.165, 1.54) is 0 Å². The van der Waals surface area contributed by atoms with Crippen molar-refractivity contribution in [2.75, 3.05) is 4.90 Å². The lowest BCUT2D eigenvalue weighted by Crippen LogP contribution is -2.29. The number of anilines is 1. The summed E-state index contributed by atoms with van der Waals surface area (Å²) < 4.78 is 12.1. The van der Waals surface area contributed by atoms with Crippen LogP contribution >= 0.6 is 0 Å². The van der Waals surface area contributed by atoms with Crippen LogP contribution in [0.5, 0.6) is 5.75 Å². The lowest BCUT2D eigenvalue weighted by atomic mass is 9.98. The number of hydrogen-bond acceptors (Lipinski definition) is 4. The first-order valence-corrected chi connectivity index (χ1v) is 11.8. The second kappa shape index (κ2) is 8.86. The van der Waals surface area contributed by atoms with Crippen molar-refractivity contribution in [1.82, 2.24) is 0 Å². The van der Waals surface area contributed by atoms with E-state index < -0.39 is 6.04 Å². The molecule has 1 aliphatic heterocycles. The number of para-hydroxylation sites is 1. The Balaban J connectivity index is 1.49. The average molecular weight is 474 g/mol.